The average molecular weight is 400 g/mol. The second-order valence-corrected chi connectivity index (χ2v) is 6.69. The number of hydrazone groups is 1. The molecule has 0 atom stereocenters. The van der Waals surface area contributed by atoms with E-state index in [0.717, 1.165) is 11.1 Å². The van der Waals surface area contributed by atoms with Crippen molar-refractivity contribution in [3.8, 4) is 23.0 Å². The van der Waals surface area contributed by atoms with E-state index in [9.17, 15) is 4.79 Å². The molecule has 7 heteroatoms. The quantitative estimate of drug-likeness (QED) is 0.513. The molecule has 0 bridgehead atoms. The number of hydrogen-bond donors (Lipinski definition) is 1. The lowest BCUT2D eigenvalue weighted by Gasteiger charge is -2.13. The van der Waals surface area contributed by atoms with Crippen LogP contribution in [0.5, 0.6) is 23.0 Å². The Labute approximate surface area is 171 Å². The summed E-state index contributed by atoms with van der Waals surface area (Å²) < 4.78 is 21.6. The maximum absolute atomic E-state index is 12.1. The van der Waals surface area contributed by atoms with Gasteiger partial charge in [0.2, 0.25) is 5.75 Å². The van der Waals surface area contributed by atoms with Crippen molar-refractivity contribution in [2.75, 3.05) is 27.9 Å². The number of methoxy groups -OCH3 is 3. The molecule has 0 saturated heterocycles. The highest BCUT2D eigenvalue weighted by Crippen LogP contribution is 2.38. The smallest absolute Gasteiger partial charge is 0.277 e. The topological polar surface area (TPSA) is 78.4 Å². The third-order valence-corrected chi connectivity index (χ3v) is 4.37. The van der Waals surface area contributed by atoms with Gasteiger partial charge in [-0.05, 0) is 42.2 Å². The van der Waals surface area contributed by atoms with Crippen molar-refractivity contribution in [1.82, 2.24) is 5.43 Å². The monoisotopic (exact) mass is 400 g/mol. The van der Waals surface area contributed by atoms with Gasteiger partial charge in [-0.3, -0.25) is 4.79 Å². The van der Waals surface area contributed by atoms with Gasteiger partial charge in [0.15, 0.2) is 18.1 Å². The Morgan fingerprint density at radius 3 is 2.38 bits per heavy atom. The highest BCUT2D eigenvalue weighted by Gasteiger charge is 2.14. The summed E-state index contributed by atoms with van der Waals surface area (Å²) >= 11 is 0. The van der Waals surface area contributed by atoms with E-state index in [1.54, 1.807) is 19.2 Å². The summed E-state index contributed by atoms with van der Waals surface area (Å²) in [5, 5.41) is 3.98. The molecule has 156 valence electrons. The standard InChI is InChI=1S/C22H28N2O5/c1-14(2)16-8-7-15(3)19(11-16)29-13-20(25)24-23-12-17-9-10-18(26-4)22(28-6)21(17)27-5/h7-12,14H,13H2,1-6H3,(H,24,25)/b23-12-. The molecule has 0 aliphatic heterocycles. The highest BCUT2D eigenvalue weighted by molar-refractivity contribution is 5.87. The largest absolute Gasteiger partial charge is 0.493 e. The Morgan fingerprint density at radius 2 is 1.76 bits per heavy atom. The maximum atomic E-state index is 12.1. The predicted molar refractivity (Wildman–Crippen MR) is 113 cm³/mol. The molecular formula is C22H28N2O5. The zero-order valence-corrected chi connectivity index (χ0v) is 17.7. The van der Waals surface area contributed by atoms with Gasteiger partial charge in [0.1, 0.15) is 5.75 Å². The highest BCUT2D eigenvalue weighted by atomic mass is 16.5. The number of hydrogen-bond acceptors (Lipinski definition) is 6. The second-order valence-electron chi connectivity index (χ2n) is 6.69. The molecule has 0 radical (unpaired) electrons. The first-order chi connectivity index (χ1) is 13.9. The minimum atomic E-state index is -0.366. The normalized spacial score (nSPS) is 10.9. The van der Waals surface area contributed by atoms with Crippen molar-refractivity contribution in [1.29, 1.82) is 0 Å². The molecule has 2 aromatic carbocycles. The number of carbonyl (C=O) groups is 1. The Hall–Kier alpha value is -3.22. The minimum Gasteiger partial charge on any atom is -0.493 e. The summed E-state index contributed by atoms with van der Waals surface area (Å²) in [5.41, 5.74) is 5.21. The first-order valence-corrected chi connectivity index (χ1v) is 9.25. The fraction of sp³-hybridized carbons (Fsp3) is 0.364. The van der Waals surface area contributed by atoms with Gasteiger partial charge in [-0.1, -0.05) is 26.0 Å². The van der Waals surface area contributed by atoms with Crippen LogP contribution in [0.15, 0.2) is 35.4 Å². The number of aryl methyl sites for hydroxylation is 1. The van der Waals surface area contributed by atoms with E-state index in [0.29, 0.717) is 34.5 Å². The molecule has 0 saturated carbocycles. The number of ether oxygens (including phenoxy) is 4. The summed E-state index contributed by atoms with van der Waals surface area (Å²) in [5.74, 6) is 2.16. The Kier molecular flexibility index (Phi) is 7.88. The molecule has 0 aliphatic carbocycles. The number of amides is 1. The molecular weight excluding hydrogens is 372 g/mol. The van der Waals surface area contributed by atoms with Crippen molar-refractivity contribution in [2.24, 2.45) is 5.10 Å². The van der Waals surface area contributed by atoms with Crippen LogP contribution in [0, 0.1) is 6.92 Å². The zero-order chi connectivity index (χ0) is 21.4. The molecule has 1 amide bonds. The van der Waals surface area contributed by atoms with Crippen molar-refractivity contribution in [3.05, 3.63) is 47.0 Å². The van der Waals surface area contributed by atoms with Gasteiger partial charge in [-0.25, -0.2) is 5.43 Å². The number of rotatable bonds is 9. The van der Waals surface area contributed by atoms with E-state index in [1.165, 1.54) is 20.4 Å². The average Bonchev–Trinajstić information content (AvgIpc) is 2.72. The summed E-state index contributed by atoms with van der Waals surface area (Å²) in [6.45, 7) is 6.03. The Balaban J connectivity index is 2.01. The molecule has 2 rings (SSSR count). The van der Waals surface area contributed by atoms with Crippen LogP contribution < -0.4 is 24.4 Å². The first-order valence-electron chi connectivity index (χ1n) is 9.25. The summed E-state index contributed by atoms with van der Waals surface area (Å²) in [6, 6.07) is 9.51. The number of nitrogens with zero attached hydrogens (tertiary/aromatic N) is 1. The third-order valence-electron chi connectivity index (χ3n) is 4.37. The van der Waals surface area contributed by atoms with Gasteiger partial charge >= 0.3 is 0 Å². The van der Waals surface area contributed by atoms with Crippen LogP contribution in [0.25, 0.3) is 0 Å². The van der Waals surface area contributed by atoms with Gasteiger partial charge in [0, 0.05) is 5.56 Å². The fourth-order valence-electron chi connectivity index (χ4n) is 2.71. The van der Waals surface area contributed by atoms with E-state index < -0.39 is 0 Å². The van der Waals surface area contributed by atoms with E-state index >= 15 is 0 Å². The molecule has 0 aromatic heterocycles. The van der Waals surface area contributed by atoms with Crippen LogP contribution >= 0.6 is 0 Å². The van der Waals surface area contributed by atoms with Crippen LogP contribution in [-0.2, 0) is 4.79 Å². The SMILES string of the molecule is COc1ccc(/C=N\NC(=O)COc2cc(C(C)C)ccc2C)c(OC)c1OC. The number of nitrogens with one attached hydrogen (secondary N) is 1. The van der Waals surface area contributed by atoms with E-state index in [2.05, 4.69) is 30.4 Å². The van der Waals surface area contributed by atoms with Crippen LogP contribution in [0.1, 0.15) is 36.5 Å². The molecule has 0 heterocycles. The lowest BCUT2D eigenvalue weighted by atomic mass is 10.0. The third kappa shape index (κ3) is 5.63. The van der Waals surface area contributed by atoms with E-state index in [-0.39, 0.29) is 12.5 Å². The summed E-state index contributed by atoms with van der Waals surface area (Å²) in [7, 11) is 4.59. The van der Waals surface area contributed by atoms with Crippen molar-refractivity contribution in [3.63, 3.8) is 0 Å². The van der Waals surface area contributed by atoms with Crippen molar-refractivity contribution in [2.45, 2.75) is 26.7 Å². The Morgan fingerprint density at radius 1 is 1.03 bits per heavy atom. The van der Waals surface area contributed by atoms with E-state index in [1.807, 2.05) is 19.1 Å². The van der Waals surface area contributed by atoms with Crippen LogP contribution in [0.3, 0.4) is 0 Å². The fourth-order valence-corrected chi connectivity index (χ4v) is 2.71. The number of benzene rings is 2. The molecule has 0 aliphatic rings. The van der Waals surface area contributed by atoms with Crippen LogP contribution in [-0.4, -0.2) is 40.1 Å². The molecule has 29 heavy (non-hydrogen) atoms. The molecule has 0 fully saturated rings. The summed E-state index contributed by atoms with van der Waals surface area (Å²) in [4.78, 5) is 12.1. The van der Waals surface area contributed by atoms with Gasteiger partial charge in [0.25, 0.3) is 5.91 Å². The van der Waals surface area contributed by atoms with Crippen LogP contribution in [0.4, 0.5) is 0 Å². The molecule has 7 nitrogen and oxygen atoms in total. The van der Waals surface area contributed by atoms with Gasteiger partial charge in [0.05, 0.1) is 27.5 Å². The molecule has 0 unspecified atom stereocenters. The summed E-state index contributed by atoms with van der Waals surface area (Å²) in [6.07, 6.45) is 1.48. The van der Waals surface area contributed by atoms with Crippen molar-refractivity contribution < 1.29 is 23.7 Å². The number of carbonyl (C=O) groups excluding carboxylic acids is 1. The maximum Gasteiger partial charge on any atom is 0.277 e. The predicted octanol–water partition coefficient (Wildman–Crippen LogP) is 3.67. The van der Waals surface area contributed by atoms with Gasteiger partial charge < -0.3 is 18.9 Å². The van der Waals surface area contributed by atoms with Crippen LogP contribution in [0.2, 0.25) is 0 Å². The van der Waals surface area contributed by atoms with Gasteiger partial charge in [-0.15, -0.1) is 0 Å². The van der Waals surface area contributed by atoms with Gasteiger partial charge in [-0.2, -0.15) is 5.10 Å². The first kappa shape index (κ1) is 22.1. The molecule has 1 N–H and O–H groups in total. The lowest BCUT2D eigenvalue weighted by molar-refractivity contribution is -0.123. The lowest BCUT2D eigenvalue weighted by Crippen LogP contribution is -2.24. The second kappa shape index (κ2) is 10.4. The van der Waals surface area contributed by atoms with E-state index in [4.69, 9.17) is 18.9 Å². The van der Waals surface area contributed by atoms with Crippen molar-refractivity contribution >= 4 is 12.1 Å². The molecule has 2 aromatic rings. The minimum absolute atomic E-state index is 0.136. The Bertz CT molecular complexity index is 878. The zero-order valence-electron chi connectivity index (χ0n) is 17.7. The molecule has 0 spiro atoms.